The summed E-state index contributed by atoms with van der Waals surface area (Å²) in [4.78, 5) is 13.3. The molecule has 0 radical (unpaired) electrons. The number of anilines is 1. The molecular weight excluding hydrogens is 420 g/mol. The second-order valence-corrected chi connectivity index (χ2v) is 8.43. The van der Waals surface area contributed by atoms with E-state index in [2.05, 4.69) is 15.5 Å². The van der Waals surface area contributed by atoms with E-state index in [4.69, 9.17) is 4.74 Å². The summed E-state index contributed by atoms with van der Waals surface area (Å²) in [5, 5.41) is 11.9. The van der Waals surface area contributed by atoms with Crippen molar-refractivity contribution in [2.45, 2.75) is 17.3 Å². The minimum Gasteiger partial charge on any atom is -0.497 e. The fraction of sp³-hybridized carbons (Fsp3) is 0.160. The van der Waals surface area contributed by atoms with Crippen LogP contribution >= 0.6 is 11.8 Å². The lowest BCUT2D eigenvalue weighted by Crippen LogP contribution is -2.19. The molecule has 1 heterocycles. The van der Waals surface area contributed by atoms with Crippen LogP contribution in [0.5, 0.6) is 5.75 Å². The average molecular weight is 445 g/mol. The number of thioether (sulfide) groups is 1. The molecule has 7 heteroatoms. The first-order valence-corrected chi connectivity index (χ1v) is 11.1. The van der Waals surface area contributed by atoms with Crippen LogP contribution in [0.15, 0.2) is 84.0 Å². The van der Waals surface area contributed by atoms with Crippen LogP contribution in [0.2, 0.25) is 0 Å². The zero-order valence-corrected chi connectivity index (χ0v) is 19.0. The predicted octanol–water partition coefficient (Wildman–Crippen LogP) is 5.27. The van der Waals surface area contributed by atoms with E-state index in [1.807, 2.05) is 97.4 Å². The van der Waals surface area contributed by atoms with E-state index in [1.165, 1.54) is 11.8 Å². The minimum atomic E-state index is -0.487. The van der Waals surface area contributed by atoms with Crippen molar-refractivity contribution in [1.82, 2.24) is 14.8 Å². The van der Waals surface area contributed by atoms with Crippen molar-refractivity contribution in [3.8, 4) is 17.1 Å². The number of benzene rings is 3. The van der Waals surface area contributed by atoms with Gasteiger partial charge in [-0.2, -0.15) is 0 Å². The number of rotatable bonds is 7. The molecule has 4 aromatic rings. The molecule has 0 aliphatic carbocycles. The van der Waals surface area contributed by atoms with Gasteiger partial charge in [-0.05, 0) is 36.8 Å². The molecule has 162 valence electrons. The summed E-state index contributed by atoms with van der Waals surface area (Å²) in [6.45, 7) is 2.02. The summed E-state index contributed by atoms with van der Waals surface area (Å²) in [5.41, 5.74) is 3.69. The van der Waals surface area contributed by atoms with Crippen LogP contribution in [0.3, 0.4) is 0 Å². The lowest BCUT2D eigenvalue weighted by atomic mass is 10.1. The van der Waals surface area contributed by atoms with Crippen molar-refractivity contribution < 1.29 is 9.53 Å². The zero-order chi connectivity index (χ0) is 22.5. The van der Waals surface area contributed by atoms with E-state index in [-0.39, 0.29) is 5.91 Å². The summed E-state index contributed by atoms with van der Waals surface area (Å²) in [6.07, 6.45) is 0. The average Bonchev–Trinajstić information content (AvgIpc) is 3.19. The number of amides is 1. The van der Waals surface area contributed by atoms with Gasteiger partial charge in [0.15, 0.2) is 11.0 Å². The normalized spacial score (nSPS) is 11.7. The van der Waals surface area contributed by atoms with Crippen LogP contribution in [0, 0.1) is 6.92 Å². The Morgan fingerprint density at radius 1 is 1.00 bits per heavy atom. The molecule has 0 bridgehead atoms. The predicted molar refractivity (Wildman–Crippen MR) is 128 cm³/mol. The first-order chi connectivity index (χ1) is 15.5. The van der Waals surface area contributed by atoms with Gasteiger partial charge in [0.05, 0.1) is 7.11 Å². The molecule has 1 atom stereocenters. The van der Waals surface area contributed by atoms with Crippen molar-refractivity contribution in [3.63, 3.8) is 0 Å². The molecule has 1 amide bonds. The third-order valence-corrected chi connectivity index (χ3v) is 6.33. The third kappa shape index (κ3) is 4.84. The topological polar surface area (TPSA) is 69.0 Å². The summed E-state index contributed by atoms with van der Waals surface area (Å²) < 4.78 is 7.22. The molecule has 0 saturated heterocycles. The van der Waals surface area contributed by atoms with Gasteiger partial charge in [-0.25, -0.2) is 0 Å². The number of aryl methyl sites for hydroxylation is 1. The fourth-order valence-corrected chi connectivity index (χ4v) is 4.28. The van der Waals surface area contributed by atoms with Gasteiger partial charge in [-0.3, -0.25) is 4.79 Å². The Labute approximate surface area is 191 Å². The minimum absolute atomic E-state index is 0.115. The lowest BCUT2D eigenvalue weighted by Gasteiger charge is -2.17. The largest absolute Gasteiger partial charge is 0.497 e. The number of nitrogens with one attached hydrogen (secondary N) is 1. The fourth-order valence-electron chi connectivity index (χ4n) is 3.28. The molecular formula is C25H24N4O2S. The number of aromatic nitrogens is 3. The van der Waals surface area contributed by atoms with Gasteiger partial charge in [-0.1, -0.05) is 71.9 Å². The first-order valence-electron chi connectivity index (χ1n) is 10.2. The summed E-state index contributed by atoms with van der Waals surface area (Å²) >= 11 is 1.37. The molecule has 0 fully saturated rings. The Balaban J connectivity index is 1.62. The van der Waals surface area contributed by atoms with Crippen LogP contribution in [0.25, 0.3) is 11.4 Å². The number of hydrogen-bond donors (Lipinski definition) is 1. The summed E-state index contributed by atoms with van der Waals surface area (Å²) in [6, 6.07) is 25.1. The summed E-state index contributed by atoms with van der Waals surface area (Å²) in [7, 11) is 3.53. The molecule has 0 spiro atoms. The number of hydrogen-bond acceptors (Lipinski definition) is 5. The number of carbonyl (C=O) groups excluding carboxylic acids is 1. The molecule has 6 nitrogen and oxygen atoms in total. The molecule has 1 N–H and O–H groups in total. The highest BCUT2D eigenvalue weighted by Gasteiger charge is 2.25. The van der Waals surface area contributed by atoms with Crippen molar-refractivity contribution in [3.05, 3.63) is 90.0 Å². The van der Waals surface area contributed by atoms with E-state index >= 15 is 0 Å². The molecule has 0 aliphatic rings. The van der Waals surface area contributed by atoms with Gasteiger partial charge >= 0.3 is 0 Å². The number of nitrogens with zero attached hydrogens (tertiary/aromatic N) is 3. The highest BCUT2D eigenvalue weighted by Crippen LogP contribution is 2.36. The Bertz CT molecular complexity index is 1210. The van der Waals surface area contributed by atoms with Gasteiger partial charge in [0.2, 0.25) is 5.91 Å². The SMILES string of the molecule is COc1cccc(-c2nnc(S[C@@H](C(=O)Nc3ccc(C)cc3)c3ccccc3)n2C)c1. The molecule has 32 heavy (non-hydrogen) atoms. The second-order valence-electron chi connectivity index (χ2n) is 7.36. The van der Waals surface area contributed by atoms with Crippen LogP contribution in [-0.4, -0.2) is 27.8 Å². The van der Waals surface area contributed by atoms with Crippen LogP contribution in [0.1, 0.15) is 16.4 Å². The van der Waals surface area contributed by atoms with Crippen LogP contribution in [0.4, 0.5) is 5.69 Å². The third-order valence-electron chi connectivity index (χ3n) is 5.05. The van der Waals surface area contributed by atoms with E-state index in [0.717, 1.165) is 28.1 Å². The molecule has 0 aliphatic heterocycles. The quantitative estimate of drug-likeness (QED) is 0.393. The number of methoxy groups -OCH3 is 1. The van der Waals surface area contributed by atoms with Crippen molar-refractivity contribution in [2.75, 3.05) is 12.4 Å². The molecule has 1 aromatic heterocycles. The lowest BCUT2D eigenvalue weighted by molar-refractivity contribution is -0.115. The van der Waals surface area contributed by atoms with Gasteiger partial charge in [0, 0.05) is 18.3 Å². The Morgan fingerprint density at radius 3 is 2.47 bits per heavy atom. The molecule has 0 unspecified atom stereocenters. The van der Waals surface area contributed by atoms with E-state index < -0.39 is 5.25 Å². The number of ether oxygens (including phenoxy) is 1. The molecule has 0 saturated carbocycles. The van der Waals surface area contributed by atoms with Gasteiger partial charge in [-0.15, -0.1) is 10.2 Å². The van der Waals surface area contributed by atoms with Gasteiger partial charge in [0.25, 0.3) is 0 Å². The highest BCUT2D eigenvalue weighted by atomic mass is 32.2. The van der Waals surface area contributed by atoms with Crippen LogP contribution < -0.4 is 10.1 Å². The molecule has 4 rings (SSSR count). The van der Waals surface area contributed by atoms with Gasteiger partial charge in [0.1, 0.15) is 11.0 Å². The second kappa shape index (κ2) is 9.70. The smallest absolute Gasteiger partial charge is 0.242 e. The maximum atomic E-state index is 13.3. The highest BCUT2D eigenvalue weighted by molar-refractivity contribution is 8.00. The summed E-state index contributed by atoms with van der Waals surface area (Å²) in [5.74, 6) is 1.34. The van der Waals surface area contributed by atoms with E-state index in [0.29, 0.717) is 11.0 Å². The zero-order valence-electron chi connectivity index (χ0n) is 18.1. The Morgan fingerprint density at radius 2 is 1.75 bits per heavy atom. The first kappa shape index (κ1) is 21.6. The van der Waals surface area contributed by atoms with Crippen molar-refractivity contribution in [2.24, 2.45) is 7.05 Å². The Kier molecular flexibility index (Phi) is 6.56. The molecule has 3 aromatic carbocycles. The maximum Gasteiger partial charge on any atom is 0.242 e. The van der Waals surface area contributed by atoms with Crippen molar-refractivity contribution in [1.29, 1.82) is 0 Å². The van der Waals surface area contributed by atoms with Gasteiger partial charge < -0.3 is 14.6 Å². The maximum absolute atomic E-state index is 13.3. The number of carbonyl (C=O) groups is 1. The van der Waals surface area contributed by atoms with E-state index in [9.17, 15) is 4.79 Å². The monoisotopic (exact) mass is 444 g/mol. The Hall–Kier alpha value is -3.58. The van der Waals surface area contributed by atoms with Crippen LogP contribution in [-0.2, 0) is 11.8 Å². The standard InChI is InChI=1S/C25H24N4O2S/c1-17-12-14-20(15-13-17)26-24(30)22(18-8-5-4-6-9-18)32-25-28-27-23(29(25)2)19-10-7-11-21(16-19)31-3/h4-16,22H,1-3H3,(H,26,30)/t22-/m1/s1. The van der Waals surface area contributed by atoms with E-state index in [1.54, 1.807) is 7.11 Å². The van der Waals surface area contributed by atoms with Crippen molar-refractivity contribution >= 4 is 23.4 Å².